The highest BCUT2D eigenvalue weighted by Crippen LogP contribution is 2.31. The molecule has 0 aliphatic carbocycles. The Balaban J connectivity index is 1.66. The topological polar surface area (TPSA) is 130 Å². The fourth-order valence-corrected chi connectivity index (χ4v) is 5.38. The number of rotatable bonds is 9. The van der Waals surface area contributed by atoms with Crippen LogP contribution in [0.25, 0.3) is 0 Å². The lowest BCUT2D eigenvalue weighted by Gasteiger charge is -2.33. The van der Waals surface area contributed by atoms with Gasteiger partial charge >= 0.3 is 5.69 Å². The largest absolute Gasteiger partial charge is 0.483 e. The summed E-state index contributed by atoms with van der Waals surface area (Å²) in [5, 5.41) is 21.6. The second-order valence-electron chi connectivity index (χ2n) is 7.64. The summed E-state index contributed by atoms with van der Waals surface area (Å²) in [5.74, 6) is -0.311. The number of hydrogen-bond donors (Lipinski definition) is 1. The summed E-state index contributed by atoms with van der Waals surface area (Å²) in [7, 11) is -3.80. The number of nitrogens with zero attached hydrogens (tertiary/aromatic N) is 3. The lowest BCUT2D eigenvalue weighted by Crippen LogP contribution is -2.44. The Bertz CT molecular complexity index is 1050. The first kappa shape index (κ1) is 23.6. The third kappa shape index (κ3) is 5.61. The average molecular weight is 464 g/mol. The van der Waals surface area contributed by atoms with Gasteiger partial charge in [0.15, 0.2) is 5.75 Å². The fraction of sp³-hybridized carbons (Fsp3) is 0.381. The van der Waals surface area contributed by atoms with Crippen LogP contribution in [-0.2, 0) is 14.8 Å². The van der Waals surface area contributed by atoms with Crippen LogP contribution < -0.4 is 4.74 Å². The molecule has 10 nitrogen and oxygen atoms in total. The molecule has 1 heterocycles. The minimum Gasteiger partial charge on any atom is -0.483 e. The minimum atomic E-state index is -3.80. The summed E-state index contributed by atoms with van der Waals surface area (Å²) < 4.78 is 33.1. The van der Waals surface area contributed by atoms with Crippen LogP contribution in [0.5, 0.6) is 5.75 Å². The number of piperidine rings is 1. The van der Waals surface area contributed by atoms with E-state index in [1.807, 2.05) is 0 Å². The molecule has 0 spiro atoms. The van der Waals surface area contributed by atoms with Gasteiger partial charge in [0.05, 0.1) is 16.7 Å². The smallest absolute Gasteiger partial charge is 0.311 e. The van der Waals surface area contributed by atoms with Crippen LogP contribution in [0.2, 0.25) is 0 Å². The fourth-order valence-electron chi connectivity index (χ4n) is 3.66. The van der Waals surface area contributed by atoms with Gasteiger partial charge in [0.25, 0.3) is 0 Å². The Kier molecular flexibility index (Phi) is 7.44. The monoisotopic (exact) mass is 463 g/mol. The number of sulfonamides is 1. The van der Waals surface area contributed by atoms with E-state index in [0.717, 1.165) is 5.56 Å². The zero-order valence-electron chi connectivity index (χ0n) is 17.5. The van der Waals surface area contributed by atoms with Gasteiger partial charge in [-0.05, 0) is 37.0 Å². The van der Waals surface area contributed by atoms with E-state index in [2.05, 4.69) is 0 Å². The second kappa shape index (κ2) is 10.1. The highest BCUT2D eigenvalue weighted by atomic mass is 32.2. The van der Waals surface area contributed by atoms with Crippen LogP contribution in [0.3, 0.4) is 0 Å². The molecular weight excluding hydrogens is 438 g/mol. The molecule has 2 aromatic carbocycles. The van der Waals surface area contributed by atoms with Crippen LogP contribution in [-0.4, -0.2) is 59.3 Å². The highest BCUT2D eigenvalue weighted by Gasteiger charge is 2.33. The molecule has 1 aliphatic rings. The maximum Gasteiger partial charge on any atom is 0.311 e. The van der Waals surface area contributed by atoms with Crippen LogP contribution in [0, 0.1) is 17.0 Å². The number of benzene rings is 2. The molecule has 1 unspecified atom stereocenters. The SMILES string of the molecule is Cc1ccc(OC2CCN(S(=O)(=O)CC(c3ccccc3)N(O)C=O)CC2)c([N+](=O)[O-])c1. The maximum atomic E-state index is 13.0. The van der Waals surface area contributed by atoms with E-state index in [-0.39, 0.29) is 37.0 Å². The summed E-state index contributed by atoms with van der Waals surface area (Å²) in [6, 6.07) is 12.1. The van der Waals surface area contributed by atoms with Gasteiger partial charge in [-0.15, -0.1) is 0 Å². The number of nitro groups is 1. The Morgan fingerprint density at radius 1 is 1.25 bits per heavy atom. The number of aryl methyl sites for hydroxylation is 1. The molecule has 11 heteroatoms. The summed E-state index contributed by atoms with van der Waals surface area (Å²) >= 11 is 0. The third-order valence-corrected chi connectivity index (χ3v) is 7.27. The normalized spacial score (nSPS) is 16.3. The van der Waals surface area contributed by atoms with Gasteiger partial charge in [0.1, 0.15) is 6.10 Å². The quantitative estimate of drug-likeness (QED) is 0.262. The summed E-state index contributed by atoms with van der Waals surface area (Å²) in [6.07, 6.45) is 0.534. The molecule has 1 atom stereocenters. The van der Waals surface area contributed by atoms with Crippen molar-refractivity contribution in [2.24, 2.45) is 0 Å². The van der Waals surface area contributed by atoms with Crippen molar-refractivity contribution in [3.63, 3.8) is 0 Å². The Hall–Kier alpha value is -3.02. The molecule has 2 aromatic rings. The molecule has 1 saturated heterocycles. The van der Waals surface area contributed by atoms with Crippen LogP contribution in [0.4, 0.5) is 5.69 Å². The number of carbonyl (C=O) groups excluding carboxylic acids is 1. The first-order valence-corrected chi connectivity index (χ1v) is 11.7. The molecule has 1 N–H and O–H groups in total. The van der Waals surface area contributed by atoms with Gasteiger partial charge in [0.2, 0.25) is 16.4 Å². The van der Waals surface area contributed by atoms with Crippen molar-refractivity contribution in [3.05, 3.63) is 69.8 Å². The summed E-state index contributed by atoms with van der Waals surface area (Å²) in [4.78, 5) is 21.9. The highest BCUT2D eigenvalue weighted by molar-refractivity contribution is 7.89. The number of amides is 1. The van der Waals surface area contributed by atoms with Gasteiger partial charge in [-0.3, -0.25) is 20.1 Å². The van der Waals surface area contributed by atoms with Crippen molar-refractivity contribution in [3.8, 4) is 5.75 Å². The van der Waals surface area contributed by atoms with E-state index in [4.69, 9.17) is 4.74 Å². The van der Waals surface area contributed by atoms with Crippen molar-refractivity contribution < 1.29 is 28.1 Å². The number of carbonyl (C=O) groups is 1. The Morgan fingerprint density at radius 3 is 2.50 bits per heavy atom. The maximum absolute atomic E-state index is 13.0. The molecule has 0 saturated carbocycles. The molecule has 0 radical (unpaired) electrons. The van der Waals surface area contributed by atoms with Crippen molar-refractivity contribution in [1.82, 2.24) is 9.37 Å². The molecule has 1 fully saturated rings. The van der Waals surface area contributed by atoms with Crippen molar-refractivity contribution in [1.29, 1.82) is 0 Å². The zero-order chi connectivity index (χ0) is 23.3. The van der Waals surface area contributed by atoms with E-state index >= 15 is 0 Å². The Morgan fingerprint density at radius 2 is 1.91 bits per heavy atom. The van der Waals surface area contributed by atoms with Gasteiger partial charge in [-0.25, -0.2) is 17.8 Å². The first-order chi connectivity index (χ1) is 15.2. The molecule has 0 aromatic heterocycles. The molecule has 1 aliphatic heterocycles. The van der Waals surface area contributed by atoms with Crippen LogP contribution >= 0.6 is 0 Å². The lowest BCUT2D eigenvalue weighted by molar-refractivity contribution is -0.386. The van der Waals surface area contributed by atoms with Crippen LogP contribution in [0.1, 0.15) is 30.0 Å². The molecular formula is C21H25N3O7S. The molecule has 1 amide bonds. The van der Waals surface area contributed by atoms with Crippen LogP contribution in [0.15, 0.2) is 48.5 Å². The van der Waals surface area contributed by atoms with E-state index in [0.29, 0.717) is 23.5 Å². The molecule has 32 heavy (non-hydrogen) atoms. The first-order valence-electron chi connectivity index (χ1n) is 10.1. The van der Waals surface area contributed by atoms with Crippen molar-refractivity contribution >= 4 is 22.1 Å². The second-order valence-corrected chi connectivity index (χ2v) is 9.65. The molecule has 0 bridgehead atoms. The van der Waals surface area contributed by atoms with Gasteiger partial charge < -0.3 is 4.74 Å². The number of nitro benzene ring substituents is 1. The van der Waals surface area contributed by atoms with E-state index in [1.165, 1.54) is 10.4 Å². The zero-order valence-corrected chi connectivity index (χ0v) is 18.3. The van der Waals surface area contributed by atoms with E-state index < -0.39 is 26.7 Å². The average Bonchev–Trinajstić information content (AvgIpc) is 2.79. The lowest BCUT2D eigenvalue weighted by atomic mass is 10.1. The minimum absolute atomic E-state index is 0.123. The van der Waals surface area contributed by atoms with Gasteiger partial charge in [-0.2, -0.15) is 0 Å². The predicted molar refractivity (Wildman–Crippen MR) is 116 cm³/mol. The van der Waals surface area contributed by atoms with E-state index in [9.17, 15) is 28.5 Å². The van der Waals surface area contributed by atoms with Gasteiger partial charge in [0, 0.05) is 19.2 Å². The summed E-state index contributed by atoms with van der Waals surface area (Å²) in [6.45, 7) is 2.09. The van der Waals surface area contributed by atoms with Crippen molar-refractivity contribution in [2.75, 3.05) is 18.8 Å². The number of ether oxygens (including phenoxy) is 1. The third-order valence-electron chi connectivity index (χ3n) is 5.38. The molecule has 3 rings (SSSR count). The molecule has 172 valence electrons. The van der Waals surface area contributed by atoms with Gasteiger partial charge in [-0.1, -0.05) is 36.4 Å². The summed E-state index contributed by atoms with van der Waals surface area (Å²) in [5.41, 5.74) is 1.12. The standard InChI is InChI=1S/C21H25N3O7S/c1-16-7-8-21(19(13-16)24(27)28)31-18-9-11-22(12-10-18)32(29,30)14-20(23(26)15-25)17-5-3-2-4-6-17/h2-8,13,15,18,20,26H,9-12,14H2,1H3. The predicted octanol–water partition coefficient (Wildman–Crippen LogP) is 2.67. The Labute approximate surface area is 186 Å². The van der Waals surface area contributed by atoms with Crippen molar-refractivity contribution in [2.45, 2.75) is 31.9 Å². The number of hydroxylamine groups is 2. The van der Waals surface area contributed by atoms with E-state index in [1.54, 1.807) is 49.4 Å². The number of hydrogen-bond acceptors (Lipinski definition) is 7.